The molecule has 3 saturated carbocycles. The molecule has 2 heteroatoms. The van der Waals surface area contributed by atoms with Crippen LogP contribution >= 0.6 is 0 Å². The van der Waals surface area contributed by atoms with Crippen molar-refractivity contribution in [1.82, 2.24) is 0 Å². The molecule has 0 saturated heterocycles. The minimum absolute atomic E-state index is 0.299. The van der Waals surface area contributed by atoms with E-state index < -0.39 is 0 Å². The minimum Gasteiger partial charge on any atom is -0.372 e. The van der Waals surface area contributed by atoms with Gasteiger partial charge in [-0.1, -0.05) is 31.9 Å². The summed E-state index contributed by atoms with van der Waals surface area (Å²) in [6, 6.07) is 0. The maximum Gasteiger partial charge on any atom is 0.316 e. The van der Waals surface area contributed by atoms with Crippen LogP contribution in [0.4, 0.5) is 0 Å². The molecule has 136 valence electrons. The van der Waals surface area contributed by atoms with Crippen molar-refractivity contribution >= 4 is 5.97 Å². The normalized spacial score (nSPS) is 47.7. The van der Waals surface area contributed by atoms with Crippen molar-refractivity contribution < 1.29 is 9.53 Å². The second-order valence-corrected chi connectivity index (χ2v) is 9.58. The van der Waals surface area contributed by atoms with Crippen LogP contribution in [0.5, 0.6) is 0 Å². The summed E-state index contributed by atoms with van der Waals surface area (Å²) in [5.41, 5.74) is 0.850. The number of hydrogen-bond acceptors (Lipinski definition) is 2. The fourth-order valence-corrected chi connectivity index (χ4v) is 7.25. The Kier molecular flexibility index (Phi) is 4.25. The highest BCUT2D eigenvalue weighted by atomic mass is 16.5. The molecule has 0 radical (unpaired) electrons. The molecule has 25 heavy (non-hydrogen) atoms. The molecule has 2 unspecified atom stereocenters. The first-order chi connectivity index (χ1) is 11.9. The van der Waals surface area contributed by atoms with Gasteiger partial charge in [0, 0.05) is 12.8 Å². The number of esters is 1. The summed E-state index contributed by atoms with van der Waals surface area (Å²) in [4.78, 5) is 11.0. The van der Waals surface area contributed by atoms with E-state index >= 15 is 0 Å². The van der Waals surface area contributed by atoms with Gasteiger partial charge in [0.2, 0.25) is 0 Å². The Hall–Kier alpha value is -1.23. The maximum absolute atomic E-state index is 11.0. The second kappa shape index (κ2) is 6.19. The van der Waals surface area contributed by atoms with Gasteiger partial charge in [-0.2, -0.15) is 0 Å². The van der Waals surface area contributed by atoms with E-state index in [4.69, 9.17) is 4.74 Å². The monoisotopic (exact) mass is 340 g/mol. The predicted molar refractivity (Wildman–Crippen MR) is 99.3 cm³/mol. The SMILES string of the molecule is CC(=O)OC#CC1CC[C@H]2[C@@H]3CCC4CC=CC[C@]4(C)[C@@H]3CC[C@]12C. The van der Waals surface area contributed by atoms with Crippen molar-refractivity contribution in [2.45, 2.75) is 72.1 Å². The van der Waals surface area contributed by atoms with Crippen molar-refractivity contribution in [3.05, 3.63) is 12.2 Å². The van der Waals surface area contributed by atoms with Gasteiger partial charge in [-0.3, -0.25) is 4.79 Å². The van der Waals surface area contributed by atoms with Gasteiger partial charge in [0.05, 0.1) is 0 Å². The lowest BCUT2D eigenvalue weighted by Gasteiger charge is -2.59. The predicted octanol–water partition coefficient (Wildman–Crippen LogP) is 5.34. The minimum atomic E-state index is -0.299. The lowest BCUT2D eigenvalue weighted by molar-refractivity contribution is -0.134. The van der Waals surface area contributed by atoms with Crippen LogP contribution in [0.3, 0.4) is 0 Å². The first-order valence-corrected chi connectivity index (χ1v) is 10.3. The molecule has 0 heterocycles. The van der Waals surface area contributed by atoms with Crippen LogP contribution in [0.2, 0.25) is 0 Å². The molecule has 0 aromatic heterocycles. The highest BCUT2D eigenvalue weighted by Gasteiger charge is 2.59. The maximum atomic E-state index is 11.0. The fourth-order valence-electron chi connectivity index (χ4n) is 7.25. The summed E-state index contributed by atoms with van der Waals surface area (Å²) in [5.74, 6) is 6.91. The third-order valence-electron chi connectivity index (χ3n) is 8.64. The van der Waals surface area contributed by atoms with Gasteiger partial charge in [-0.05, 0) is 85.9 Å². The van der Waals surface area contributed by atoms with Crippen molar-refractivity contribution in [3.8, 4) is 12.0 Å². The summed E-state index contributed by atoms with van der Waals surface area (Å²) in [6.45, 7) is 6.49. The topological polar surface area (TPSA) is 26.3 Å². The highest BCUT2D eigenvalue weighted by Crippen LogP contribution is 2.66. The average Bonchev–Trinajstić information content (AvgIpc) is 2.91. The van der Waals surface area contributed by atoms with E-state index in [1.54, 1.807) is 0 Å². The quantitative estimate of drug-likeness (QED) is 0.338. The molecule has 0 aliphatic heterocycles. The van der Waals surface area contributed by atoms with Gasteiger partial charge in [-0.25, -0.2) is 0 Å². The Bertz CT molecular complexity index is 638. The largest absolute Gasteiger partial charge is 0.372 e. The highest BCUT2D eigenvalue weighted by molar-refractivity contribution is 5.67. The molecule has 0 amide bonds. The average molecular weight is 341 g/mol. The number of allylic oxidation sites excluding steroid dienone is 2. The zero-order chi connectivity index (χ0) is 17.7. The van der Waals surface area contributed by atoms with Crippen molar-refractivity contribution in [2.75, 3.05) is 0 Å². The van der Waals surface area contributed by atoms with Gasteiger partial charge in [-0.15, -0.1) is 0 Å². The molecule has 4 rings (SSSR count). The van der Waals surface area contributed by atoms with Crippen molar-refractivity contribution in [3.63, 3.8) is 0 Å². The summed E-state index contributed by atoms with van der Waals surface area (Å²) < 4.78 is 4.91. The Morgan fingerprint density at radius 2 is 1.84 bits per heavy atom. The van der Waals surface area contributed by atoms with Crippen LogP contribution in [-0.2, 0) is 9.53 Å². The first-order valence-electron chi connectivity index (χ1n) is 10.3. The molecule has 0 aromatic carbocycles. The zero-order valence-electron chi connectivity index (χ0n) is 16.0. The van der Waals surface area contributed by atoms with Gasteiger partial charge in [0.15, 0.2) is 0 Å². The van der Waals surface area contributed by atoms with Crippen molar-refractivity contribution in [1.29, 1.82) is 0 Å². The second-order valence-electron chi connectivity index (χ2n) is 9.58. The lowest BCUT2D eigenvalue weighted by Crippen LogP contribution is -2.52. The number of rotatable bonds is 0. The lowest BCUT2D eigenvalue weighted by atomic mass is 9.45. The molecule has 0 N–H and O–H groups in total. The molecule has 7 atom stereocenters. The zero-order valence-corrected chi connectivity index (χ0v) is 16.0. The van der Waals surface area contributed by atoms with E-state index in [1.165, 1.54) is 58.3 Å². The van der Waals surface area contributed by atoms with Gasteiger partial charge >= 0.3 is 5.97 Å². The smallest absolute Gasteiger partial charge is 0.316 e. The third kappa shape index (κ3) is 2.66. The van der Waals surface area contributed by atoms with Crippen LogP contribution in [0.1, 0.15) is 72.1 Å². The summed E-state index contributed by atoms with van der Waals surface area (Å²) in [6.07, 6.45) is 18.2. The Labute approximate surface area is 152 Å². The number of carbonyl (C=O) groups excluding carboxylic acids is 1. The van der Waals surface area contributed by atoms with Gasteiger partial charge < -0.3 is 4.74 Å². The first kappa shape index (κ1) is 17.2. The fraction of sp³-hybridized carbons (Fsp3) is 0.783. The molecule has 4 aliphatic carbocycles. The molecule has 0 aromatic rings. The van der Waals surface area contributed by atoms with E-state index in [9.17, 15) is 4.79 Å². The number of fused-ring (bicyclic) bond motifs is 5. The van der Waals surface area contributed by atoms with Crippen LogP contribution in [-0.4, -0.2) is 5.97 Å². The molecule has 4 aliphatic rings. The summed E-state index contributed by atoms with van der Waals surface area (Å²) in [5, 5.41) is 0. The van der Waals surface area contributed by atoms with E-state index in [0.29, 0.717) is 16.7 Å². The molecule has 0 spiro atoms. The molecular formula is C23H32O2. The van der Waals surface area contributed by atoms with Gasteiger partial charge in [0.25, 0.3) is 0 Å². The van der Waals surface area contributed by atoms with Crippen LogP contribution in [0, 0.1) is 52.4 Å². The molecule has 2 nitrogen and oxygen atoms in total. The summed E-state index contributed by atoms with van der Waals surface area (Å²) >= 11 is 0. The number of carbonyl (C=O) groups is 1. The van der Waals surface area contributed by atoms with E-state index in [2.05, 4.69) is 38.0 Å². The standard InChI is InChI=1S/C23H32O2/c1-16(24)25-15-12-18-8-10-20-19-9-7-17-6-4-5-13-22(17,2)21(19)11-14-23(18,20)3/h4-5,17-21H,6-11,13-14H2,1-3H3/t17?,18?,19-,20-,21+,22-,23+/m0/s1. The Morgan fingerprint density at radius 3 is 2.64 bits per heavy atom. The molecular weight excluding hydrogens is 308 g/mol. The van der Waals surface area contributed by atoms with E-state index in [0.717, 1.165) is 23.7 Å². The van der Waals surface area contributed by atoms with E-state index in [-0.39, 0.29) is 5.97 Å². The number of ether oxygens (including phenoxy) is 1. The van der Waals surface area contributed by atoms with Crippen LogP contribution < -0.4 is 0 Å². The van der Waals surface area contributed by atoms with Crippen LogP contribution in [0.15, 0.2) is 12.2 Å². The molecule has 3 fully saturated rings. The number of hydrogen-bond donors (Lipinski definition) is 0. The van der Waals surface area contributed by atoms with Gasteiger partial charge in [0.1, 0.15) is 6.11 Å². The van der Waals surface area contributed by atoms with Crippen molar-refractivity contribution in [2.24, 2.45) is 40.4 Å². The third-order valence-corrected chi connectivity index (χ3v) is 8.64. The van der Waals surface area contributed by atoms with Crippen LogP contribution in [0.25, 0.3) is 0 Å². The summed E-state index contributed by atoms with van der Waals surface area (Å²) in [7, 11) is 0. The Balaban J connectivity index is 1.56. The van der Waals surface area contributed by atoms with E-state index in [1.807, 2.05) is 0 Å². The Morgan fingerprint density at radius 1 is 1.04 bits per heavy atom. The molecule has 0 bridgehead atoms.